The SMILES string of the molecule is c1ccc(-c2nc(-c3cccc(-c4ccc5nc6c(cc5c4)oc4ccccc46)c3)cc(-c3cc4ccccc4c4ccccc34)n2)cc1. The normalized spacial score (nSPS) is 11.7. The fourth-order valence-electron chi connectivity index (χ4n) is 7.05. The number of hydrogen-bond acceptors (Lipinski definition) is 4. The topological polar surface area (TPSA) is 51.8 Å². The minimum absolute atomic E-state index is 0.697. The molecular weight excluding hydrogens is 599 g/mol. The van der Waals surface area contributed by atoms with E-state index in [2.05, 4.69) is 127 Å². The predicted molar refractivity (Wildman–Crippen MR) is 201 cm³/mol. The Bertz CT molecular complexity index is 2890. The highest BCUT2D eigenvalue weighted by Gasteiger charge is 2.16. The molecule has 7 aromatic carbocycles. The van der Waals surface area contributed by atoms with Crippen LogP contribution in [-0.2, 0) is 0 Å². The fourth-order valence-corrected chi connectivity index (χ4v) is 7.05. The summed E-state index contributed by atoms with van der Waals surface area (Å²) in [6, 6.07) is 56.9. The molecule has 0 aliphatic heterocycles. The summed E-state index contributed by atoms with van der Waals surface area (Å²) in [7, 11) is 0. The maximum Gasteiger partial charge on any atom is 0.160 e. The molecule has 0 unspecified atom stereocenters. The number of para-hydroxylation sites is 1. The first kappa shape index (κ1) is 27.5. The van der Waals surface area contributed by atoms with Crippen molar-refractivity contribution in [2.45, 2.75) is 0 Å². The molecule has 0 N–H and O–H groups in total. The van der Waals surface area contributed by atoms with Gasteiger partial charge in [-0.1, -0.05) is 115 Å². The van der Waals surface area contributed by atoms with Crippen LogP contribution in [0.4, 0.5) is 0 Å². The van der Waals surface area contributed by atoms with E-state index < -0.39 is 0 Å². The van der Waals surface area contributed by atoms with Crippen molar-refractivity contribution in [3.63, 3.8) is 0 Å². The van der Waals surface area contributed by atoms with Gasteiger partial charge in [-0.2, -0.15) is 0 Å². The monoisotopic (exact) mass is 625 g/mol. The smallest absolute Gasteiger partial charge is 0.160 e. The van der Waals surface area contributed by atoms with Gasteiger partial charge in [-0.05, 0) is 81.2 Å². The zero-order valence-electron chi connectivity index (χ0n) is 26.3. The number of hydrogen-bond donors (Lipinski definition) is 0. The molecule has 10 aromatic rings. The minimum atomic E-state index is 0.697. The lowest BCUT2D eigenvalue weighted by Crippen LogP contribution is -1.97. The van der Waals surface area contributed by atoms with Gasteiger partial charge in [0.1, 0.15) is 11.1 Å². The largest absolute Gasteiger partial charge is 0.454 e. The molecule has 0 amide bonds. The third kappa shape index (κ3) is 4.65. The van der Waals surface area contributed by atoms with Crippen LogP contribution in [0.1, 0.15) is 0 Å². The third-order valence-electron chi connectivity index (χ3n) is 9.44. The van der Waals surface area contributed by atoms with Gasteiger partial charge in [0, 0.05) is 27.5 Å². The number of rotatable bonds is 4. The van der Waals surface area contributed by atoms with Gasteiger partial charge >= 0.3 is 0 Å². The van der Waals surface area contributed by atoms with Gasteiger partial charge in [0.15, 0.2) is 11.4 Å². The summed E-state index contributed by atoms with van der Waals surface area (Å²) in [5, 5.41) is 6.87. The van der Waals surface area contributed by atoms with Crippen molar-refractivity contribution < 1.29 is 4.42 Å². The van der Waals surface area contributed by atoms with Gasteiger partial charge in [-0.15, -0.1) is 0 Å². The molecule has 4 nitrogen and oxygen atoms in total. The summed E-state index contributed by atoms with van der Waals surface area (Å²) in [6.45, 7) is 0. The lowest BCUT2D eigenvalue weighted by molar-refractivity contribution is 0.669. The van der Waals surface area contributed by atoms with Crippen LogP contribution in [0.3, 0.4) is 0 Å². The van der Waals surface area contributed by atoms with E-state index >= 15 is 0 Å². The lowest BCUT2D eigenvalue weighted by atomic mass is 9.94. The number of nitrogens with zero attached hydrogens (tertiary/aromatic N) is 3. The molecule has 49 heavy (non-hydrogen) atoms. The minimum Gasteiger partial charge on any atom is -0.454 e. The number of aromatic nitrogens is 3. The Morgan fingerprint density at radius 2 is 1.06 bits per heavy atom. The maximum absolute atomic E-state index is 6.15. The fraction of sp³-hybridized carbons (Fsp3) is 0. The molecule has 3 heterocycles. The van der Waals surface area contributed by atoms with E-state index in [0.717, 1.165) is 72.2 Å². The lowest BCUT2D eigenvalue weighted by Gasteiger charge is -2.14. The van der Waals surface area contributed by atoms with E-state index in [9.17, 15) is 0 Å². The van der Waals surface area contributed by atoms with Crippen molar-refractivity contribution in [2.24, 2.45) is 0 Å². The van der Waals surface area contributed by atoms with E-state index in [1.807, 2.05) is 36.4 Å². The molecule has 0 fully saturated rings. The number of fused-ring (bicyclic) bond motifs is 7. The van der Waals surface area contributed by atoms with E-state index in [4.69, 9.17) is 19.4 Å². The van der Waals surface area contributed by atoms with Gasteiger partial charge < -0.3 is 4.42 Å². The Morgan fingerprint density at radius 1 is 0.367 bits per heavy atom. The van der Waals surface area contributed by atoms with Crippen molar-refractivity contribution >= 4 is 54.5 Å². The zero-order chi connectivity index (χ0) is 32.3. The van der Waals surface area contributed by atoms with Gasteiger partial charge in [0.05, 0.1) is 16.9 Å². The first-order chi connectivity index (χ1) is 24.2. The summed E-state index contributed by atoms with van der Waals surface area (Å²) in [6.07, 6.45) is 0. The Labute approximate surface area is 282 Å². The van der Waals surface area contributed by atoms with Crippen molar-refractivity contribution in [2.75, 3.05) is 0 Å². The Hall–Kier alpha value is -6.65. The number of benzene rings is 7. The van der Waals surface area contributed by atoms with Gasteiger partial charge in [0.2, 0.25) is 0 Å². The Balaban J connectivity index is 1.13. The average Bonchev–Trinajstić information content (AvgIpc) is 3.54. The third-order valence-corrected chi connectivity index (χ3v) is 9.44. The van der Waals surface area contributed by atoms with Gasteiger partial charge in [0.25, 0.3) is 0 Å². The molecule has 0 saturated heterocycles. The van der Waals surface area contributed by atoms with Crippen LogP contribution < -0.4 is 0 Å². The van der Waals surface area contributed by atoms with E-state index in [1.54, 1.807) is 0 Å². The van der Waals surface area contributed by atoms with E-state index in [0.29, 0.717) is 5.82 Å². The van der Waals surface area contributed by atoms with Crippen molar-refractivity contribution in [1.82, 2.24) is 15.0 Å². The molecule has 3 aromatic heterocycles. The summed E-state index contributed by atoms with van der Waals surface area (Å²) in [4.78, 5) is 15.3. The molecule has 0 radical (unpaired) electrons. The highest BCUT2D eigenvalue weighted by atomic mass is 16.3. The second-order valence-electron chi connectivity index (χ2n) is 12.4. The molecule has 0 aliphatic carbocycles. The van der Waals surface area contributed by atoms with Gasteiger partial charge in [-0.25, -0.2) is 15.0 Å². The molecule has 0 saturated carbocycles. The summed E-state index contributed by atoms with van der Waals surface area (Å²) >= 11 is 0. The molecule has 4 heteroatoms. The van der Waals surface area contributed by atoms with Crippen LogP contribution in [0.2, 0.25) is 0 Å². The van der Waals surface area contributed by atoms with Crippen LogP contribution in [0, 0.1) is 0 Å². The highest BCUT2D eigenvalue weighted by molar-refractivity contribution is 6.13. The average molecular weight is 626 g/mol. The number of furan rings is 1. The van der Waals surface area contributed by atoms with Crippen molar-refractivity contribution in [3.05, 3.63) is 164 Å². The summed E-state index contributed by atoms with van der Waals surface area (Å²) < 4.78 is 6.15. The first-order valence-electron chi connectivity index (χ1n) is 16.4. The zero-order valence-corrected chi connectivity index (χ0v) is 26.3. The molecule has 228 valence electrons. The standard InChI is InChI=1S/C45H27N3O/c1-2-11-28(12-3-1)45-47-40(27-41(48-45)38-25-31-13-4-5-16-34(31)35-17-6-7-18-36(35)38)32-15-10-14-29(23-32)30-21-22-39-33(24-30)26-43-44(46-39)37-19-8-9-20-42(37)49-43/h1-27H. The molecule has 0 atom stereocenters. The van der Waals surface area contributed by atoms with Crippen LogP contribution in [0.5, 0.6) is 0 Å². The van der Waals surface area contributed by atoms with E-state index in [1.165, 1.54) is 21.5 Å². The van der Waals surface area contributed by atoms with Crippen LogP contribution in [0.15, 0.2) is 168 Å². The Morgan fingerprint density at radius 3 is 1.96 bits per heavy atom. The number of pyridine rings is 1. The highest BCUT2D eigenvalue weighted by Crippen LogP contribution is 2.37. The van der Waals surface area contributed by atoms with Crippen LogP contribution >= 0.6 is 0 Å². The second-order valence-corrected chi connectivity index (χ2v) is 12.4. The van der Waals surface area contributed by atoms with Crippen molar-refractivity contribution in [1.29, 1.82) is 0 Å². The molecule has 0 aliphatic rings. The maximum atomic E-state index is 6.15. The predicted octanol–water partition coefficient (Wildman–Crippen LogP) is 11.9. The molecular formula is C45H27N3O. The summed E-state index contributed by atoms with van der Waals surface area (Å²) in [5.41, 5.74) is 10.5. The van der Waals surface area contributed by atoms with Crippen LogP contribution in [0.25, 0.3) is 99.5 Å². The first-order valence-corrected chi connectivity index (χ1v) is 16.4. The molecule has 0 spiro atoms. The second kappa shape index (κ2) is 11.0. The molecule has 0 bridgehead atoms. The van der Waals surface area contributed by atoms with Gasteiger partial charge in [-0.3, -0.25) is 0 Å². The quantitative estimate of drug-likeness (QED) is 0.183. The van der Waals surface area contributed by atoms with E-state index in [-0.39, 0.29) is 0 Å². The molecule has 10 rings (SSSR count). The van der Waals surface area contributed by atoms with Crippen molar-refractivity contribution in [3.8, 4) is 45.0 Å². The Kier molecular flexibility index (Phi) is 6.15. The summed E-state index contributed by atoms with van der Waals surface area (Å²) in [5.74, 6) is 0.697. The van der Waals surface area contributed by atoms with Crippen LogP contribution in [-0.4, -0.2) is 15.0 Å².